The molecule has 0 bridgehead atoms. The number of H-pyrrole nitrogens is 1. The summed E-state index contributed by atoms with van der Waals surface area (Å²) in [7, 11) is 0. The predicted octanol–water partition coefficient (Wildman–Crippen LogP) is 2.78. The van der Waals surface area contributed by atoms with Gasteiger partial charge in [0.2, 0.25) is 5.91 Å². The molecule has 0 radical (unpaired) electrons. The number of rotatable bonds is 4. The first-order valence-corrected chi connectivity index (χ1v) is 10.0. The maximum absolute atomic E-state index is 12.7. The van der Waals surface area contributed by atoms with Crippen molar-refractivity contribution in [3.8, 4) is 11.6 Å². The molecule has 2 N–H and O–H groups in total. The number of hydrogen-bond donors (Lipinski definition) is 2. The molecule has 2 fully saturated rings. The molecule has 1 aliphatic heterocycles. The first-order valence-electron chi connectivity index (χ1n) is 10.0. The van der Waals surface area contributed by atoms with Gasteiger partial charge in [-0.05, 0) is 55.5 Å². The summed E-state index contributed by atoms with van der Waals surface area (Å²) < 4.78 is 5.65. The quantitative estimate of drug-likeness (QED) is 0.706. The van der Waals surface area contributed by atoms with Gasteiger partial charge in [-0.25, -0.2) is 0 Å². The van der Waals surface area contributed by atoms with Gasteiger partial charge >= 0.3 is 6.01 Å². The highest BCUT2D eigenvalue weighted by molar-refractivity contribution is 5.84. The van der Waals surface area contributed by atoms with E-state index >= 15 is 0 Å². The number of pyridine rings is 1. The second kappa shape index (κ2) is 6.72. The molecule has 2 aromatic heterocycles. The SMILES string of the molecule is C[C@H](Nc1nnc(-c2cc3ccccc3c(=O)[nH]2)o1)C(=O)N1CCC2(CC1)CC2. The lowest BCUT2D eigenvalue weighted by Gasteiger charge is -2.33. The smallest absolute Gasteiger partial charge is 0.316 e. The van der Waals surface area contributed by atoms with Crippen molar-refractivity contribution < 1.29 is 9.21 Å². The van der Waals surface area contributed by atoms with Gasteiger partial charge in [-0.1, -0.05) is 23.3 Å². The van der Waals surface area contributed by atoms with E-state index in [1.165, 1.54) is 12.8 Å². The van der Waals surface area contributed by atoms with E-state index in [0.717, 1.165) is 31.3 Å². The number of benzene rings is 1. The molecule has 5 rings (SSSR count). The van der Waals surface area contributed by atoms with Crippen LogP contribution in [0.4, 0.5) is 6.01 Å². The number of anilines is 1. The number of carbonyl (C=O) groups excluding carboxylic acids is 1. The lowest BCUT2D eigenvalue weighted by molar-refractivity contribution is -0.133. The van der Waals surface area contributed by atoms with Gasteiger partial charge in [0.1, 0.15) is 11.7 Å². The molecule has 29 heavy (non-hydrogen) atoms. The molecular formula is C21H23N5O3. The molecule has 1 aliphatic carbocycles. The summed E-state index contributed by atoms with van der Waals surface area (Å²) in [6.07, 6.45) is 4.83. The summed E-state index contributed by atoms with van der Waals surface area (Å²) in [4.78, 5) is 29.7. The monoisotopic (exact) mass is 393 g/mol. The fourth-order valence-electron chi connectivity index (χ4n) is 4.12. The molecule has 1 saturated heterocycles. The van der Waals surface area contributed by atoms with Crippen LogP contribution in [0.2, 0.25) is 0 Å². The highest BCUT2D eigenvalue weighted by atomic mass is 16.4. The fourth-order valence-corrected chi connectivity index (χ4v) is 4.12. The highest BCUT2D eigenvalue weighted by Gasteiger charge is 2.45. The van der Waals surface area contributed by atoms with Crippen molar-refractivity contribution in [3.63, 3.8) is 0 Å². The largest absolute Gasteiger partial charge is 0.402 e. The van der Waals surface area contributed by atoms with Crippen molar-refractivity contribution in [2.24, 2.45) is 5.41 Å². The summed E-state index contributed by atoms with van der Waals surface area (Å²) in [5.41, 5.74) is 0.762. The second-order valence-corrected chi connectivity index (χ2v) is 8.20. The van der Waals surface area contributed by atoms with Crippen molar-refractivity contribution in [3.05, 3.63) is 40.7 Å². The minimum atomic E-state index is -0.466. The Morgan fingerprint density at radius 3 is 2.72 bits per heavy atom. The average molecular weight is 393 g/mol. The number of hydrogen-bond acceptors (Lipinski definition) is 6. The Bertz CT molecular complexity index is 1120. The zero-order chi connectivity index (χ0) is 20.0. The Balaban J connectivity index is 1.29. The molecule has 3 heterocycles. The Morgan fingerprint density at radius 2 is 1.97 bits per heavy atom. The number of fused-ring (bicyclic) bond motifs is 1. The number of likely N-dealkylation sites (tertiary alicyclic amines) is 1. The van der Waals surface area contributed by atoms with Crippen LogP contribution in [-0.4, -0.2) is 45.1 Å². The van der Waals surface area contributed by atoms with Crippen LogP contribution in [0.3, 0.4) is 0 Å². The van der Waals surface area contributed by atoms with Crippen molar-refractivity contribution in [2.75, 3.05) is 18.4 Å². The molecule has 1 atom stereocenters. The molecule has 1 amide bonds. The Morgan fingerprint density at radius 1 is 1.21 bits per heavy atom. The van der Waals surface area contributed by atoms with Crippen LogP contribution < -0.4 is 10.9 Å². The number of carbonyl (C=O) groups is 1. The summed E-state index contributed by atoms with van der Waals surface area (Å²) in [6.45, 7) is 3.43. The predicted molar refractivity (Wildman–Crippen MR) is 108 cm³/mol. The van der Waals surface area contributed by atoms with Crippen LogP contribution >= 0.6 is 0 Å². The Labute approximate surface area is 167 Å². The van der Waals surface area contributed by atoms with Crippen molar-refractivity contribution >= 4 is 22.7 Å². The van der Waals surface area contributed by atoms with E-state index < -0.39 is 6.04 Å². The van der Waals surface area contributed by atoms with Crippen LogP contribution in [0.15, 0.2) is 39.5 Å². The third-order valence-electron chi connectivity index (χ3n) is 6.21. The summed E-state index contributed by atoms with van der Waals surface area (Å²) >= 11 is 0. The minimum Gasteiger partial charge on any atom is -0.402 e. The normalized spacial score (nSPS) is 18.7. The van der Waals surface area contributed by atoms with Gasteiger partial charge in [-0.2, -0.15) is 0 Å². The molecule has 0 unspecified atom stereocenters. The van der Waals surface area contributed by atoms with Gasteiger partial charge in [-0.3, -0.25) is 9.59 Å². The molecule has 150 valence electrons. The average Bonchev–Trinajstić information content (AvgIpc) is 3.32. The lowest BCUT2D eigenvalue weighted by atomic mass is 9.93. The zero-order valence-electron chi connectivity index (χ0n) is 16.3. The third kappa shape index (κ3) is 3.39. The van der Waals surface area contributed by atoms with Gasteiger partial charge in [0, 0.05) is 18.5 Å². The first kappa shape index (κ1) is 17.9. The molecule has 8 heteroatoms. The summed E-state index contributed by atoms with van der Waals surface area (Å²) in [5.74, 6) is 0.239. The third-order valence-corrected chi connectivity index (χ3v) is 6.21. The van der Waals surface area contributed by atoms with E-state index in [1.807, 2.05) is 23.1 Å². The molecular weight excluding hydrogens is 370 g/mol. The van der Waals surface area contributed by atoms with Crippen LogP contribution in [0.5, 0.6) is 0 Å². The van der Waals surface area contributed by atoms with Crippen LogP contribution in [0, 0.1) is 5.41 Å². The highest BCUT2D eigenvalue weighted by Crippen LogP contribution is 2.53. The van der Waals surface area contributed by atoms with Crippen molar-refractivity contribution in [2.45, 2.75) is 38.6 Å². The number of aromatic nitrogens is 3. The van der Waals surface area contributed by atoms with Gasteiger partial charge in [-0.15, -0.1) is 5.10 Å². The van der Waals surface area contributed by atoms with Crippen LogP contribution in [0.25, 0.3) is 22.4 Å². The van der Waals surface area contributed by atoms with E-state index in [9.17, 15) is 9.59 Å². The topological polar surface area (TPSA) is 104 Å². The van der Waals surface area contributed by atoms with E-state index in [4.69, 9.17) is 4.42 Å². The number of piperidine rings is 1. The van der Waals surface area contributed by atoms with Crippen molar-refractivity contribution in [1.82, 2.24) is 20.1 Å². The molecule has 1 spiro atoms. The maximum Gasteiger partial charge on any atom is 0.316 e. The summed E-state index contributed by atoms with van der Waals surface area (Å²) in [5, 5.41) is 12.4. The molecule has 1 saturated carbocycles. The number of nitrogens with one attached hydrogen (secondary N) is 2. The van der Waals surface area contributed by atoms with Crippen molar-refractivity contribution in [1.29, 1.82) is 0 Å². The molecule has 3 aromatic rings. The fraction of sp³-hybridized carbons (Fsp3) is 0.429. The maximum atomic E-state index is 12.7. The molecule has 1 aromatic carbocycles. The lowest BCUT2D eigenvalue weighted by Crippen LogP contribution is -2.45. The second-order valence-electron chi connectivity index (χ2n) is 8.20. The number of amides is 1. The van der Waals surface area contributed by atoms with Gasteiger partial charge in [0.25, 0.3) is 11.4 Å². The summed E-state index contributed by atoms with van der Waals surface area (Å²) in [6, 6.07) is 8.79. The zero-order valence-corrected chi connectivity index (χ0v) is 16.3. The van der Waals surface area contributed by atoms with Crippen LogP contribution in [0.1, 0.15) is 32.6 Å². The Hall–Kier alpha value is -3.16. The van der Waals surface area contributed by atoms with Gasteiger partial charge in [0.05, 0.1) is 0 Å². The minimum absolute atomic E-state index is 0.0411. The first-order chi connectivity index (χ1) is 14.0. The Kier molecular flexibility index (Phi) is 4.15. The standard InChI is InChI=1S/C21H23N5O3/c1-13(19(28)26-10-8-21(6-7-21)9-11-26)22-20-25-24-18(29-20)16-12-14-4-2-3-5-15(14)17(27)23-16/h2-5,12-13H,6-11H2,1H3,(H,22,25)(H,23,27)/t13-/m0/s1. The molecule has 8 nitrogen and oxygen atoms in total. The van der Waals surface area contributed by atoms with Gasteiger partial charge in [0.15, 0.2) is 0 Å². The van der Waals surface area contributed by atoms with E-state index in [0.29, 0.717) is 16.5 Å². The molecule has 2 aliphatic rings. The number of nitrogens with zero attached hydrogens (tertiary/aromatic N) is 3. The van der Waals surface area contributed by atoms with Gasteiger partial charge < -0.3 is 19.6 Å². The van der Waals surface area contributed by atoms with E-state index in [2.05, 4.69) is 20.5 Å². The number of aromatic amines is 1. The van der Waals surface area contributed by atoms with Crippen LogP contribution in [-0.2, 0) is 4.79 Å². The van der Waals surface area contributed by atoms with E-state index in [1.54, 1.807) is 19.1 Å². The van der Waals surface area contributed by atoms with E-state index in [-0.39, 0.29) is 23.4 Å².